The van der Waals surface area contributed by atoms with Crippen LogP contribution in [0.25, 0.3) is 0 Å². The average molecular weight is 269 g/mol. The van der Waals surface area contributed by atoms with Gasteiger partial charge in [0, 0.05) is 6.20 Å². The predicted octanol–water partition coefficient (Wildman–Crippen LogP) is 2.58. The summed E-state index contributed by atoms with van der Waals surface area (Å²) in [5, 5.41) is 11.7. The van der Waals surface area contributed by atoms with Crippen molar-refractivity contribution in [2.75, 3.05) is 0 Å². The van der Waals surface area contributed by atoms with E-state index >= 15 is 0 Å². The van der Waals surface area contributed by atoms with E-state index in [1.54, 1.807) is 25.1 Å². The van der Waals surface area contributed by atoms with Gasteiger partial charge in [-0.25, -0.2) is 9.37 Å². The van der Waals surface area contributed by atoms with Crippen molar-refractivity contribution in [3.63, 3.8) is 0 Å². The first-order valence-corrected chi connectivity index (χ1v) is 6.03. The Bertz CT molecular complexity index is 662. The monoisotopic (exact) mass is 269 g/mol. The first kappa shape index (κ1) is 13.7. The zero-order chi connectivity index (χ0) is 14.5. The molecule has 0 bridgehead atoms. The molecule has 20 heavy (non-hydrogen) atoms. The molecular formula is C15H12FN3O. The molecule has 2 aromatic rings. The largest absolute Gasteiger partial charge is 0.345 e. The Morgan fingerprint density at radius 1 is 1.35 bits per heavy atom. The highest BCUT2D eigenvalue weighted by atomic mass is 19.1. The van der Waals surface area contributed by atoms with Gasteiger partial charge >= 0.3 is 0 Å². The number of carbonyl (C=O) groups is 1. The Labute approximate surface area is 115 Å². The van der Waals surface area contributed by atoms with Gasteiger partial charge in [0.2, 0.25) is 0 Å². The summed E-state index contributed by atoms with van der Waals surface area (Å²) in [6.45, 7) is 1.79. The molecule has 0 aliphatic carbocycles. The first-order chi connectivity index (χ1) is 9.61. The highest BCUT2D eigenvalue weighted by Gasteiger charge is 2.15. The van der Waals surface area contributed by atoms with E-state index in [9.17, 15) is 9.18 Å². The topological polar surface area (TPSA) is 65.8 Å². The van der Waals surface area contributed by atoms with Crippen LogP contribution in [0.2, 0.25) is 0 Å². The number of carbonyl (C=O) groups excluding carboxylic acids is 1. The zero-order valence-corrected chi connectivity index (χ0v) is 10.8. The lowest BCUT2D eigenvalue weighted by molar-refractivity contribution is 0.0939. The smallest absolute Gasteiger partial charge is 0.254 e. The van der Waals surface area contributed by atoms with Crippen LogP contribution in [0.3, 0.4) is 0 Å². The molecule has 0 saturated carbocycles. The van der Waals surface area contributed by atoms with Gasteiger partial charge < -0.3 is 5.32 Å². The predicted molar refractivity (Wildman–Crippen MR) is 71.2 cm³/mol. The minimum Gasteiger partial charge on any atom is -0.345 e. The van der Waals surface area contributed by atoms with Gasteiger partial charge in [-0.3, -0.25) is 4.79 Å². The standard InChI is InChI=1S/C15H12FN3O/c1-10(11-4-6-12(16)7-5-11)19-15(20)13-3-2-8-18-14(13)9-17/h2-8,10H,1H3,(H,19,20)/t10-/m0/s1. The summed E-state index contributed by atoms with van der Waals surface area (Å²) >= 11 is 0. The van der Waals surface area contributed by atoms with Gasteiger partial charge in [0.25, 0.3) is 5.91 Å². The van der Waals surface area contributed by atoms with E-state index in [1.165, 1.54) is 24.4 Å². The van der Waals surface area contributed by atoms with Crippen LogP contribution in [0.4, 0.5) is 4.39 Å². The molecule has 0 aliphatic heterocycles. The summed E-state index contributed by atoms with van der Waals surface area (Å²) in [5.74, 6) is -0.710. The van der Waals surface area contributed by atoms with Crippen LogP contribution in [-0.4, -0.2) is 10.9 Å². The molecule has 0 saturated heterocycles. The molecule has 0 unspecified atom stereocenters. The molecule has 2 rings (SSSR count). The van der Waals surface area contributed by atoms with Crippen LogP contribution >= 0.6 is 0 Å². The number of hydrogen-bond donors (Lipinski definition) is 1. The van der Waals surface area contributed by atoms with Gasteiger partial charge in [-0.1, -0.05) is 12.1 Å². The van der Waals surface area contributed by atoms with Crippen LogP contribution in [0.15, 0.2) is 42.6 Å². The van der Waals surface area contributed by atoms with Gasteiger partial charge in [0.1, 0.15) is 11.9 Å². The van der Waals surface area contributed by atoms with Crippen molar-refractivity contribution < 1.29 is 9.18 Å². The molecular weight excluding hydrogens is 257 g/mol. The van der Waals surface area contributed by atoms with Crippen molar-refractivity contribution in [3.8, 4) is 6.07 Å². The second kappa shape index (κ2) is 5.93. The average Bonchev–Trinajstić information content (AvgIpc) is 2.47. The molecule has 1 heterocycles. The number of nitrogens with zero attached hydrogens (tertiary/aromatic N) is 2. The maximum atomic E-state index is 12.8. The van der Waals surface area contributed by atoms with Gasteiger partial charge in [0.05, 0.1) is 11.6 Å². The summed E-state index contributed by atoms with van der Waals surface area (Å²) in [7, 11) is 0. The third-order valence-corrected chi connectivity index (χ3v) is 2.88. The number of aromatic nitrogens is 1. The molecule has 100 valence electrons. The van der Waals surface area contributed by atoms with Gasteiger partial charge in [-0.2, -0.15) is 5.26 Å². The lowest BCUT2D eigenvalue weighted by Crippen LogP contribution is -2.27. The Balaban J connectivity index is 2.15. The summed E-state index contributed by atoms with van der Waals surface area (Å²) in [4.78, 5) is 15.9. The minimum absolute atomic E-state index is 0.0799. The van der Waals surface area contributed by atoms with Crippen LogP contribution in [0, 0.1) is 17.1 Å². The molecule has 1 aromatic heterocycles. The summed E-state index contributed by atoms with van der Waals surface area (Å²) in [6, 6.07) is 10.6. The van der Waals surface area contributed by atoms with E-state index in [0.29, 0.717) is 0 Å². The maximum Gasteiger partial charge on any atom is 0.254 e. The summed E-state index contributed by atoms with van der Waals surface area (Å²) in [6.07, 6.45) is 1.46. The third-order valence-electron chi connectivity index (χ3n) is 2.88. The van der Waals surface area contributed by atoms with E-state index in [0.717, 1.165) is 5.56 Å². The highest BCUT2D eigenvalue weighted by molar-refractivity contribution is 5.96. The van der Waals surface area contributed by atoms with Gasteiger partial charge in [-0.05, 0) is 36.8 Å². The van der Waals surface area contributed by atoms with Crippen LogP contribution in [0.1, 0.15) is 34.6 Å². The maximum absolute atomic E-state index is 12.8. The lowest BCUT2D eigenvalue weighted by Gasteiger charge is -2.14. The molecule has 0 aliphatic rings. The number of amides is 1. The van der Waals surface area contributed by atoms with E-state index < -0.39 is 0 Å². The molecule has 1 aromatic carbocycles. The van der Waals surface area contributed by atoms with Gasteiger partial charge in [-0.15, -0.1) is 0 Å². The van der Waals surface area contributed by atoms with Crippen molar-refractivity contribution in [1.29, 1.82) is 5.26 Å². The zero-order valence-electron chi connectivity index (χ0n) is 10.8. The Hall–Kier alpha value is -2.74. The number of pyridine rings is 1. The first-order valence-electron chi connectivity index (χ1n) is 6.03. The van der Waals surface area contributed by atoms with Crippen LogP contribution in [-0.2, 0) is 0 Å². The lowest BCUT2D eigenvalue weighted by atomic mass is 10.1. The Morgan fingerprint density at radius 2 is 2.05 bits per heavy atom. The minimum atomic E-state index is -0.383. The van der Waals surface area contributed by atoms with E-state index in [-0.39, 0.29) is 29.0 Å². The van der Waals surface area contributed by atoms with Crippen molar-refractivity contribution >= 4 is 5.91 Å². The van der Waals surface area contributed by atoms with E-state index in [1.807, 2.05) is 6.07 Å². The number of halogens is 1. The number of benzene rings is 1. The summed E-state index contributed by atoms with van der Waals surface area (Å²) < 4.78 is 12.8. The fraction of sp³-hybridized carbons (Fsp3) is 0.133. The van der Waals surface area contributed by atoms with Crippen LogP contribution in [0.5, 0.6) is 0 Å². The quantitative estimate of drug-likeness (QED) is 0.931. The Morgan fingerprint density at radius 3 is 2.70 bits per heavy atom. The molecule has 0 fully saturated rings. The van der Waals surface area contributed by atoms with Crippen molar-refractivity contribution in [3.05, 3.63) is 65.2 Å². The fourth-order valence-corrected chi connectivity index (χ4v) is 1.79. The second-order valence-electron chi connectivity index (χ2n) is 4.26. The number of hydrogen-bond acceptors (Lipinski definition) is 3. The summed E-state index contributed by atoms with van der Waals surface area (Å²) in [5.41, 5.74) is 1.09. The number of rotatable bonds is 3. The third kappa shape index (κ3) is 2.98. The van der Waals surface area contributed by atoms with E-state index in [4.69, 9.17) is 5.26 Å². The van der Waals surface area contributed by atoms with Crippen molar-refractivity contribution in [2.45, 2.75) is 13.0 Å². The fourth-order valence-electron chi connectivity index (χ4n) is 1.79. The molecule has 1 atom stereocenters. The number of nitrogens with one attached hydrogen (secondary N) is 1. The van der Waals surface area contributed by atoms with Crippen LogP contribution < -0.4 is 5.32 Å². The molecule has 0 radical (unpaired) electrons. The van der Waals surface area contributed by atoms with Crippen molar-refractivity contribution in [1.82, 2.24) is 10.3 Å². The SMILES string of the molecule is C[C@H](NC(=O)c1cccnc1C#N)c1ccc(F)cc1. The normalized spacial score (nSPS) is 11.4. The molecule has 4 nitrogen and oxygen atoms in total. The van der Waals surface area contributed by atoms with Crippen molar-refractivity contribution in [2.24, 2.45) is 0 Å². The highest BCUT2D eigenvalue weighted by Crippen LogP contribution is 2.14. The van der Waals surface area contributed by atoms with E-state index in [2.05, 4.69) is 10.3 Å². The molecule has 1 N–H and O–H groups in total. The molecule has 0 spiro atoms. The molecule has 5 heteroatoms. The second-order valence-corrected chi connectivity index (χ2v) is 4.26. The number of nitriles is 1. The molecule has 1 amide bonds. The Kier molecular flexibility index (Phi) is 4.06. The van der Waals surface area contributed by atoms with Gasteiger partial charge in [0.15, 0.2) is 5.69 Å².